The Morgan fingerprint density at radius 2 is 1.80 bits per heavy atom. The fraction of sp³-hybridized carbons (Fsp3) is 0.561. The van der Waals surface area contributed by atoms with E-state index in [1.54, 1.807) is 7.11 Å². The van der Waals surface area contributed by atoms with Crippen LogP contribution in [0.4, 0.5) is 18.9 Å². The molecule has 3 aliphatic rings. The quantitative estimate of drug-likeness (QED) is 0.201. The molecular formula is C41H61F3N8O4S5. The molecule has 0 radical (unpaired) electrons. The van der Waals surface area contributed by atoms with Crippen LogP contribution in [0.15, 0.2) is 35.8 Å². The highest BCUT2D eigenvalue weighted by Gasteiger charge is 2.37. The Hall–Kier alpha value is -2.69. The summed E-state index contributed by atoms with van der Waals surface area (Å²) in [5.74, 6) is -1.09. The summed E-state index contributed by atoms with van der Waals surface area (Å²) in [4.78, 5) is 42.0. The average Bonchev–Trinajstić information content (AvgIpc) is 3.79. The number of aryl methyl sites for hydroxylation is 1. The van der Waals surface area contributed by atoms with Crippen molar-refractivity contribution >= 4 is 93.8 Å². The number of esters is 1. The third-order valence-electron chi connectivity index (χ3n) is 11.3. The first-order chi connectivity index (χ1) is 27.1. The number of nitrogens with zero attached hydrogens (tertiary/aromatic N) is 6. The summed E-state index contributed by atoms with van der Waals surface area (Å²) in [6.07, 6.45) is -1.46. The van der Waals surface area contributed by atoms with Gasteiger partial charge in [-0.3, -0.25) is 24.9 Å². The molecule has 340 valence electrons. The van der Waals surface area contributed by atoms with Crippen LogP contribution in [-0.4, -0.2) is 115 Å². The van der Waals surface area contributed by atoms with Gasteiger partial charge in [-0.05, 0) is 63.9 Å². The lowest BCUT2D eigenvalue weighted by Gasteiger charge is -2.35. The van der Waals surface area contributed by atoms with E-state index in [1.165, 1.54) is 16.3 Å². The number of piperazine rings is 1. The lowest BCUT2D eigenvalue weighted by Crippen LogP contribution is -2.60. The van der Waals surface area contributed by atoms with Crippen LogP contribution in [-0.2, 0) is 38.4 Å². The highest BCUT2D eigenvalue weighted by Crippen LogP contribution is 2.43. The Morgan fingerprint density at radius 1 is 1.08 bits per heavy atom. The number of thiazole rings is 1. The van der Waals surface area contributed by atoms with Crippen molar-refractivity contribution in [3.8, 4) is 22.5 Å². The number of benzene rings is 1. The number of anilines is 1. The summed E-state index contributed by atoms with van der Waals surface area (Å²) in [5, 5.41) is 7.11. The number of halogens is 3. The summed E-state index contributed by atoms with van der Waals surface area (Å²) in [6.45, 7) is 11.6. The topological polar surface area (TPSA) is 117 Å². The summed E-state index contributed by atoms with van der Waals surface area (Å²) < 4.78 is 54.6. The molecule has 6 bridgehead atoms. The Bertz CT molecular complexity index is 2110. The van der Waals surface area contributed by atoms with Crippen LogP contribution in [0.5, 0.6) is 0 Å². The van der Waals surface area contributed by atoms with Gasteiger partial charge in [-0.1, -0.05) is 19.9 Å². The lowest BCUT2D eigenvalue weighted by molar-refractivity contribution is -0.155. The summed E-state index contributed by atoms with van der Waals surface area (Å²) in [7, 11) is 3.83. The highest BCUT2D eigenvalue weighted by molar-refractivity contribution is 7.59. The molecule has 2 fully saturated rings. The number of fused-ring (bicyclic) bond motifs is 6. The Morgan fingerprint density at radius 3 is 2.48 bits per heavy atom. The zero-order valence-electron chi connectivity index (χ0n) is 35.5. The van der Waals surface area contributed by atoms with Gasteiger partial charge < -0.3 is 23.8 Å². The molecule has 1 aromatic carbocycles. The minimum Gasteiger partial charge on any atom is -0.464 e. The molecule has 0 unspecified atom stereocenters. The predicted octanol–water partition coefficient (Wildman–Crippen LogP) is 6.44. The van der Waals surface area contributed by atoms with Crippen molar-refractivity contribution in [1.82, 2.24) is 35.2 Å². The van der Waals surface area contributed by atoms with E-state index in [1.807, 2.05) is 24.6 Å². The first kappa shape index (κ1) is 52.7. The van der Waals surface area contributed by atoms with E-state index >= 15 is 0 Å². The van der Waals surface area contributed by atoms with Gasteiger partial charge in [-0.15, -0.1) is 11.3 Å². The molecule has 3 atom stereocenters. The van der Waals surface area contributed by atoms with Crippen molar-refractivity contribution in [1.29, 1.82) is 0 Å². The molecule has 4 aromatic rings. The first-order valence-electron chi connectivity index (χ1n) is 19.8. The largest absolute Gasteiger partial charge is 0.464 e. The Kier molecular flexibility index (Phi) is 18.8. The van der Waals surface area contributed by atoms with E-state index in [-0.39, 0.29) is 79.7 Å². The number of aromatic nitrogens is 3. The smallest absolute Gasteiger partial charge is 0.401 e. The molecule has 6 heterocycles. The van der Waals surface area contributed by atoms with Crippen LogP contribution in [0.25, 0.3) is 33.4 Å². The number of likely N-dealkylation sites (N-methyl/N-ethyl adjacent to an activating group) is 1. The number of hydrogen-bond acceptors (Lipinski definition) is 11. The van der Waals surface area contributed by atoms with E-state index in [0.717, 1.165) is 70.8 Å². The second-order valence-corrected chi connectivity index (χ2v) is 17.2. The molecule has 2 N–H and O–H groups in total. The van der Waals surface area contributed by atoms with Gasteiger partial charge in [0.05, 0.1) is 59.3 Å². The number of hydrazine groups is 1. The third kappa shape index (κ3) is 11.9. The number of hydrogen-bond donors (Lipinski definition) is 2. The molecule has 0 aliphatic carbocycles. The van der Waals surface area contributed by atoms with Crippen LogP contribution >= 0.6 is 65.3 Å². The summed E-state index contributed by atoms with van der Waals surface area (Å²) in [6, 6.07) is 6.45. The number of amides is 1. The van der Waals surface area contributed by atoms with Crippen LogP contribution in [0.3, 0.4) is 0 Å². The van der Waals surface area contributed by atoms with Gasteiger partial charge in [-0.25, -0.2) is 10.4 Å². The second-order valence-electron chi connectivity index (χ2n) is 16.2. The monoisotopic (exact) mass is 946 g/mol. The van der Waals surface area contributed by atoms with E-state index in [0.29, 0.717) is 36.5 Å². The number of nitrogens with one attached hydrogen (secondary N) is 2. The van der Waals surface area contributed by atoms with Crippen molar-refractivity contribution in [3.05, 3.63) is 52.1 Å². The van der Waals surface area contributed by atoms with Gasteiger partial charge >= 0.3 is 12.1 Å². The molecule has 20 heteroatoms. The molecule has 0 saturated carbocycles. The van der Waals surface area contributed by atoms with Crippen molar-refractivity contribution in [2.45, 2.75) is 84.3 Å². The minimum atomic E-state index is -4.53. The van der Waals surface area contributed by atoms with Crippen molar-refractivity contribution in [3.63, 3.8) is 0 Å². The second kappa shape index (κ2) is 21.8. The number of pyridine rings is 1. The summed E-state index contributed by atoms with van der Waals surface area (Å²) in [5.41, 5.74) is 9.94. The van der Waals surface area contributed by atoms with Crippen LogP contribution in [0.2, 0.25) is 0 Å². The summed E-state index contributed by atoms with van der Waals surface area (Å²) >= 11 is 1.31. The van der Waals surface area contributed by atoms with Crippen LogP contribution in [0.1, 0.15) is 62.9 Å². The van der Waals surface area contributed by atoms with Gasteiger partial charge in [0.1, 0.15) is 6.04 Å². The molecule has 7 rings (SSSR count). The maximum Gasteiger partial charge on any atom is 0.401 e. The van der Waals surface area contributed by atoms with Crippen molar-refractivity contribution in [2.24, 2.45) is 5.41 Å². The predicted molar refractivity (Wildman–Crippen MR) is 256 cm³/mol. The van der Waals surface area contributed by atoms with Gasteiger partial charge in [0, 0.05) is 85.6 Å². The fourth-order valence-corrected chi connectivity index (χ4v) is 8.97. The Labute approximate surface area is 388 Å². The molecular weight excluding hydrogens is 886 g/mol. The number of methoxy groups -OCH3 is 1. The van der Waals surface area contributed by atoms with E-state index in [2.05, 4.69) is 71.1 Å². The van der Waals surface area contributed by atoms with Crippen LogP contribution < -0.4 is 15.6 Å². The number of alkyl halides is 3. The molecule has 3 aromatic heterocycles. The maximum atomic E-state index is 13.8. The van der Waals surface area contributed by atoms with Gasteiger partial charge in [0.25, 0.3) is 5.91 Å². The van der Waals surface area contributed by atoms with E-state index < -0.39 is 42.1 Å². The number of ether oxygens (including phenoxy) is 2. The zero-order chi connectivity index (χ0) is 40.6. The minimum absolute atomic E-state index is 0. The maximum absolute atomic E-state index is 13.8. The SMILES string of the molecule is CCn1c(-c2cc(N3CCN(C)CC3)cnc2[C@H](C)OC)c2c3cc(ccc31)-c1csc(n1)C[C@H](NCC(F)(F)F)C(=O)N1CCC[C@H](N1)C(=O)OCC(C)(C)C2.S.S.S.S. The zero-order valence-corrected chi connectivity index (χ0v) is 40.4. The standard InChI is InChI=1S/C41H53F3N8O4S.4H2S/c1-7-51-34-11-10-26-17-28(34)30(37(51)29-18-27(21-45-36(29)25(2)55-6)50-15-13-49(5)14-16-50)20-40(3,4)24-56-39(54)31-9-8-12-52(48-31)38(53)32(46-23-41(42,43)44)19-35-47-33(26)22-57-35;;;;/h10-11,17-18,21-22,25,31-32,46,48H,7-9,12-16,19-20,23-24H2,1-6H3;4*1H2/t25-,31-,32-;;;;/m0..../s1. The lowest BCUT2D eigenvalue weighted by atomic mass is 9.84. The number of cyclic esters (lactones) is 1. The molecule has 0 spiro atoms. The fourth-order valence-electron chi connectivity index (χ4n) is 8.12. The molecule has 3 aliphatic heterocycles. The first-order valence-corrected chi connectivity index (χ1v) is 20.6. The van der Waals surface area contributed by atoms with Gasteiger partial charge in [-0.2, -0.15) is 67.2 Å². The normalized spacial score (nSPS) is 20.3. The van der Waals surface area contributed by atoms with E-state index in [9.17, 15) is 22.8 Å². The number of rotatable bonds is 7. The molecule has 12 nitrogen and oxygen atoms in total. The molecule has 2 saturated heterocycles. The molecule has 61 heavy (non-hydrogen) atoms. The van der Waals surface area contributed by atoms with Crippen molar-refractivity contribution in [2.75, 3.05) is 64.9 Å². The average molecular weight is 947 g/mol. The number of carbonyl (C=O) groups excluding carboxylic acids is 2. The van der Waals surface area contributed by atoms with Gasteiger partial charge in [0.2, 0.25) is 0 Å². The van der Waals surface area contributed by atoms with Crippen LogP contribution in [0, 0.1) is 5.41 Å². The van der Waals surface area contributed by atoms with Gasteiger partial charge in [0.15, 0.2) is 0 Å². The third-order valence-corrected chi connectivity index (χ3v) is 12.2. The number of carbonyl (C=O) groups is 2. The molecule has 1 amide bonds. The van der Waals surface area contributed by atoms with E-state index in [4.69, 9.17) is 19.4 Å². The Balaban J connectivity index is 0.00000248. The highest BCUT2D eigenvalue weighted by atomic mass is 32.1. The van der Waals surface area contributed by atoms with Crippen molar-refractivity contribution < 1.29 is 32.2 Å².